The predicted molar refractivity (Wildman–Crippen MR) is 110 cm³/mol. The molecular formula is C22H23N3O4. The molecule has 0 radical (unpaired) electrons. The van der Waals surface area contributed by atoms with Gasteiger partial charge < -0.3 is 15.0 Å². The van der Waals surface area contributed by atoms with Crippen molar-refractivity contribution in [1.82, 2.24) is 14.9 Å². The van der Waals surface area contributed by atoms with E-state index < -0.39 is 17.3 Å². The number of nitrogens with zero attached hydrogens (tertiary/aromatic N) is 1. The molecule has 2 aromatic carbocycles. The van der Waals surface area contributed by atoms with Gasteiger partial charge in [0.1, 0.15) is 6.04 Å². The van der Waals surface area contributed by atoms with E-state index in [1.54, 1.807) is 24.3 Å². The Bertz CT molecular complexity index is 1110. The summed E-state index contributed by atoms with van der Waals surface area (Å²) >= 11 is 0. The number of ether oxygens (including phenoxy) is 1. The molecule has 2 N–H and O–H groups in total. The molecule has 1 aliphatic heterocycles. The molecule has 2 atom stereocenters. The summed E-state index contributed by atoms with van der Waals surface area (Å²) in [6.45, 7) is 1.06. The lowest BCUT2D eigenvalue weighted by Gasteiger charge is -2.20. The zero-order valence-corrected chi connectivity index (χ0v) is 16.0. The van der Waals surface area contributed by atoms with Gasteiger partial charge in [0.15, 0.2) is 0 Å². The summed E-state index contributed by atoms with van der Waals surface area (Å²) in [7, 11) is 0. The van der Waals surface area contributed by atoms with Crippen molar-refractivity contribution in [3.63, 3.8) is 0 Å². The number of para-hydroxylation sites is 1. The van der Waals surface area contributed by atoms with Crippen LogP contribution in [0.4, 0.5) is 0 Å². The first-order valence-electron chi connectivity index (χ1n) is 9.80. The van der Waals surface area contributed by atoms with E-state index in [0.717, 1.165) is 23.0 Å². The molecule has 0 saturated carbocycles. The molecule has 1 aromatic heterocycles. The third-order valence-corrected chi connectivity index (χ3v) is 5.25. The smallest absolute Gasteiger partial charge is 0.329 e. The Morgan fingerprint density at radius 2 is 1.90 bits per heavy atom. The number of aromatic nitrogens is 2. The van der Waals surface area contributed by atoms with E-state index in [1.165, 1.54) is 0 Å². The SMILES string of the molecule is O=C(NCC1CCCO1)[C@@H](Cc1ccccc1)n1c(=O)[nH]c2ccccc2c1=O. The maximum absolute atomic E-state index is 13.1. The Hall–Kier alpha value is -3.19. The fraction of sp³-hybridized carbons (Fsp3) is 0.318. The fourth-order valence-electron chi connectivity index (χ4n) is 3.74. The number of amides is 1. The van der Waals surface area contributed by atoms with Gasteiger partial charge in [0.25, 0.3) is 5.56 Å². The molecular weight excluding hydrogens is 370 g/mol. The molecule has 1 amide bonds. The average Bonchev–Trinajstić information content (AvgIpc) is 3.26. The molecule has 7 heteroatoms. The first-order valence-corrected chi connectivity index (χ1v) is 9.80. The zero-order valence-electron chi connectivity index (χ0n) is 16.0. The van der Waals surface area contributed by atoms with Crippen LogP contribution in [-0.4, -0.2) is 34.7 Å². The minimum atomic E-state index is -0.959. The van der Waals surface area contributed by atoms with E-state index >= 15 is 0 Å². The van der Waals surface area contributed by atoms with Crippen LogP contribution in [0.15, 0.2) is 64.2 Å². The highest BCUT2D eigenvalue weighted by Crippen LogP contribution is 2.15. The summed E-state index contributed by atoms with van der Waals surface area (Å²) in [4.78, 5) is 41.6. The number of benzene rings is 2. The normalized spacial score (nSPS) is 17.3. The van der Waals surface area contributed by atoms with Crippen molar-refractivity contribution in [3.8, 4) is 0 Å². The monoisotopic (exact) mass is 393 g/mol. The minimum Gasteiger partial charge on any atom is -0.376 e. The largest absolute Gasteiger partial charge is 0.376 e. The second-order valence-electron chi connectivity index (χ2n) is 7.24. The van der Waals surface area contributed by atoms with Crippen LogP contribution in [0.2, 0.25) is 0 Å². The number of carbonyl (C=O) groups excluding carboxylic acids is 1. The van der Waals surface area contributed by atoms with Crippen LogP contribution < -0.4 is 16.6 Å². The van der Waals surface area contributed by atoms with Crippen molar-refractivity contribution in [2.45, 2.75) is 31.4 Å². The molecule has 2 heterocycles. The lowest BCUT2D eigenvalue weighted by molar-refractivity contribution is -0.125. The van der Waals surface area contributed by atoms with Gasteiger partial charge in [-0.05, 0) is 30.5 Å². The molecule has 1 fully saturated rings. The van der Waals surface area contributed by atoms with E-state index in [-0.39, 0.29) is 18.4 Å². The van der Waals surface area contributed by atoms with Gasteiger partial charge in [-0.25, -0.2) is 9.36 Å². The zero-order chi connectivity index (χ0) is 20.2. The predicted octanol–water partition coefficient (Wildman–Crippen LogP) is 1.77. The molecule has 7 nitrogen and oxygen atoms in total. The number of aromatic amines is 1. The van der Waals surface area contributed by atoms with Gasteiger partial charge in [-0.3, -0.25) is 9.59 Å². The Morgan fingerprint density at radius 3 is 2.66 bits per heavy atom. The molecule has 0 bridgehead atoms. The van der Waals surface area contributed by atoms with Crippen molar-refractivity contribution in [2.75, 3.05) is 13.2 Å². The van der Waals surface area contributed by atoms with Crippen LogP contribution in [0.25, 0.3) is 10.9 Å². The second kappa shape index (κ2) is 8.45. The van der Waals surface area contributed by atoms with Gasteiger partial charge >= 0.3 is 5.69 Å². The molecule has 1 saturated heterocycles. The Morgan fingerprint density at radius 1 is 1.14 bits per heavy atom. The summed E-state index contributed by atoms with van der Waals surface area (Å²) < 4.78 is 6.59. The van der Waals surface area contributed by atoms with Gasteiger partial charge in [0.2, 0.25) is 5.91 Å². The number of carbonyl (C=O) groups is 1. The molecule has 3 aromatic rings. The van der Waals surface area contributed by atoms with E-state index in [4.69, 9.17) is 4.74 Å². The van der Waals surface area contributed by atoms with Crippen molar-refractivity contribution in [3.05, 3.63) is 81.0 Å². The van der Waals surface area contributed by atoms with Crippen LogP contribution in [0, 0.1) is 0 Å². The first-order chi connectivity index (χ1) is 14.1. The maximum Gasteiger partial charge on any atom is 0.329 e. The molecule has 29 heavy (non-hydrogen) atoms. The van der Waals surface area contributed by atoms with Crippen LogP contribution in [0.5, 0.6) is 0 Å². The molecule has 1 unspecified atom stereocenters. The third-order valence-electron chi connectivity index (χ3n) is 5.25. The van der Waals surface area contributed by atoms with Gasteiger partial charge in [0, 0.05) is 19.6 Å². The van der Waals surface area contributed by atoms with Gasteiger partial charge in [-0.15, -0.1) is 0 Å². The summed E-state index contributed by atoms with van der Waals surface area (Å²) in [5, 5.41) is 3.24. The number of hydrogen-bond acceptors (Lipinski definition) is 4. The van der Waals surface area contributed by atoms with E-state index in [1.807, 2.05) is 30.3 Å². The van der Waals surface area contributed by atoms with Crippen LogP contribution in [0.1, 0.15) is 24.4 Å². The highest BCUT2D eigenvalue weighted by molar-refractivity contribution is 5.82. The average molecular weight is 393 g/mol. The lowest BCUT2D eigenvalue weighted by Crippen LogP contribution is -2.46. The van der Waals surface area contributed by atoms with Crippen molar-refractivity contribution in [1.29, 1.82) is 0 Å². The standard InChI is InChI=1S/C22H23N3O4/c26-20(23-14-16-9-6-12-29-16)19(13-15-7-2-1-3-8-15)25-21(27)17-10-4-5-11-18(17)24-22(25)28/h1-5,7-8,10-11,16,19H,6,9,12-14H2,(H,23,26)(H,24,28)/t16?,19-/m1/s1. The number of nitrogens with one attached hydrogen (secondary N) is 2. The number of fused-ring (bicyclic) bond motifs is 1. The number of hydrogen-bond donors (Lipinski definition) is 2. The van der Waals surface area contributed by atoms with Crippen LogP contribution in [-0.2, 0) is 16.0 Å². The summed E-state index contributed by atoms with van der Waals surface area (Å²) in [5.74, 6) is -0.368. The molecule has 0 aliphatic carbocycles. The number of rotatable bonds is 6. The Kier molecular flexibility index (Phi) is 5.57. The second-order valence-corrected chi connectivity index (χ2v) is 7.24. The summed E-state index contributed by atoms with van der Waals surface area (Å²) in [5.41, 5.74) is 0.251. The maximum atomic E-state index is 13.1. The number of H-pyrrole nitrogens is 1. The van der Waals surface area contributed by atoms with E-state index in [2.05, 4.69) is 10.3 Å². The van der Waals surface area contributed by atoms with Gasteiger partial charge in [-0.2, -0.15) is 0 Å². The Labute approximate surface area is 167 Å². The topological polar surface area (TPSA) is 93.2 Å². The first kappa shape index (κ1) is 19.1. The van der Waals surface area contributed by atoms with E-state index in [9.17, 15) is 14.4 Å². The highest BCUT2D eigenvalue weighted by Gasteiger charge is 2.26. The quantitative estimate of drug-likeness (QED) is 0.668. The van der Waals surface area contributed by atoms with Crippen LogP contribution in [0.3, 0.4) is 0 Å². The lowest BCUT2D eigenvalue weighted by atomic mass is 10.0. The third kappa shape index (κ3) is 4.14. The highest BCUT2D eigenvalue weighted by atomic mass is 16.5. The molecule has 0 spiro atoms. The molecule has 150 valence electrons. The summed E-state index contributed by atoms with van der Waals surface area (Å²) in [6.07, 6.45) is 2.07. The van der Waals surface area contributed by atoms with Crippen LogP contribution >= 0.6 is 0 Å². The van der Waals surface area contributed by atoms with Crippen molar-refractivity contribution in [2.24, 2.45) is 0 Å². The van der Waals surface area contributed by atoms with Crippen molar-refractivity contribution >= 4 is 16.8 Å². The van der Waals surface area contributed by atoms with E-state index in [0.29, 0.717) is 24.1 Å². The van der Waals surface area contributed by atoms with Gasteiger partial charge in [-0.1, -0.05) is 42.5 Å². The minimum absolute atomic E-state index is 0.0251. The molecule has 4 rings (SSSR count). The summed E-state index contributed by atoms with van der Waals surface area (Å²) in [6, 6.07) is 15.2. The Balaban J connectivity index is 1.71. The van der Waals surface area contributed by atoms with Crippen molar-refractivity contribution < 1.29 is 9.53 Å². The van der Waals surface area contributed by atoms with Gasteiger partial charge in [0.05, 0.1) is 17.0 Å². The fourth-order valence-corrected chi connectivity index (χ4v) is 3.74. The molecule has 1 aliphatic rings.